The highest BCUT2D eigenvalue weighted by molar-refractivity contribution is 4.85. The highest BCUT2D eigenvalue weighted by atomic mass is 15.1. The van der Waals surface area contributed by atoms with Gasteiger partial charge in [-0.05, 0) is 57.2 Å². The average molecular weight is 210 g/mol. The summed E-state index contributed by atoms with van der Waals surface area (Å²) < 4.78 is 0. The molecule has 1 aliphatic carbocycles. The molecule has 0 radical (unpaired) electrons. The predicted octanol–water partition coefficient (Wildman–Crippen LogP) is 2.09. The number of hydrogen-bond acceptors (Lipinski definition) is 2. The second-order valence-corrected chi connectivity index (χ2v) is 5.60. The molecule has 2 nitrogen and oxygen atoms in total. The van der Waals surface area contributed by atoms with Crippen LogP contribution in [0.15, 0.2) is 0 Å². The van der Waals surface area contributed by atoms with Crippen LogP contribution in [-0.2, 0) is 0 Å². The topological polar surface area (TPSA) is 29.3 Å². The molecule has 88 valence electrons. The van der Waals surface area contributed by atoms with Gasteiger partial charge in [-0.1, -0.05) is 19.3 Å². The summed E-state index contributed by atoms with van der Waals surface area (Å²) in [5, 5.41) is 0. The molecular formula is C13H26N2. The maximum Gasteiger partial charge on any atom is 0.000937 e. The standard InChI is InChI=1S/C13H26N2/c1-15-9-3-6-12(10-15)13(7-8-14)11-4-2-5-11/h11-13H,2-10,14H2,1H3. The summed E-state index contributed by atoms with van der Waals surface area (Å²) in [6, 6.07) is 0. The maximum absolute atomic E-state index is 5.77. The molecule has 0 amide bonds. The van der Waals surface area contributed by atoms with Gasteiger partial charge in [0.1, 0.15) is 0 Å². The summed E-state index contributed by atoms with van der Waals surface area (Å²) in [5.41, 5.74) is 5.77. The van der Waals surface area contributed by atoms with Crippen LogP contribution in [-0.4, -0.2) is 31.6 Å². The minimum absolute atomic E-state index is 0.890. The van der Waals surface area contributed by atoms with Crippen molar-refractivity contribution in [3.63, 3.8) is 0 Å². The van der Waals surface area contributed by atoms with Crippen molar-refractivity contribution in [1.82, 2.24) is 4.90 Å². The molecule has 2 aliphatic rings. The van der Waals surface area contributed by atoms with Crippen molar-refractivity contribution in [1.29, 1.82) is 0 Å². The average Bonchev–Trinajstić information content (AvgIpc) is 2.14. The fourth-order valence-electron chi connectivity index (χ4n) is 3.47. The smallest absolute Gasteiger partial charge is 0.000937 e. The van der Waals surface area contributed by atoms with Crippen LogP contribution in [0, 0.1) is 17.8 Å². The van der Waals surface area contributed by atoms with Crippen LogP contribution in [0.1, 0.15) is 38.5 Å². The number of piperidine rings is 1. The van der Waals surface area contributed by atoms with Gasteiger partial charge in [0.05, 0.1) is 0 Å². The Bertz CT molecular complexity index is 189. The van der Waals surface area contributed by atoms with E-state index in [-0.39, 0.29) is 0 Å². The third-order valence-corrected chi connectivity index (χ3v) is 4.52. The summed E-state index contributed by atoms with van der Waals surface area (Å²) in [7, 11) is 2.27. The lowest BCUT2D eigenvalue weighted by Gasteiger charge is -2.42. The van der Waals surface area contributed by atoms with Gasteiger partial charge in [-0.3, -0.25) is 0 Å². The van der Waals surface area contributed by atoms with Crippen LogP contribution in [0.5, 0.6) is 0 Å². The molecule has 0 aromatic rings. The van der Waals surface area contributed by atoms with Gasteiger partial charge in [0.15, 0.2) is 0 Å². The van der Waals surface area contributed by atoms with Gasteiger partial charge in [0.2, 0.25) is 0 Å². The summed E-state index contributed by atoms with van der Waals surface area (Å²) in [5.74, 6) is 2.90. The maximum atomic E-state index is 5.77. The first-order valence-corrected chi connectivity index (χ1v) is 6.70. The van der Waals surface area contributed by atoms with Gasteiger partial charge < -0.3 is 10.6 Å². The Balaban J connectivity index is 1.90. The van der Waals surface area contributed by atoms with Gasteiger partial charge in [0, 0.05) is 6.54 Å². The normalized spacial score (nSPS) is 31.2. The molecule has 1 heterocycles. The monoisotopic (exact) mass is 210 g/mol. The Hall–Kier alpha value is -0.0800. The van der Waals surface area contributed by atoms with Crippen LogP contribution in [0.25, 0.3) is 0 Å². The summed E-state index contributed by atoms with van der Waals surface area (Å²) in [6.45, 7) is 3.51. The van der Waals surface area contributed by atoms with E-state index in [4.69, 9.17) is 5.73 Å². The van der Waals surface area contributed by atoms with Crippen molar-refractivity contribution in [2.24, 2.45) is 23.5 Å². The van der Waals surface area contributed by atoms with E-state index < -0.39 is 0 Å². The highest BCUT2D eigenvalue weighted by Crippen LogP contribution is 2.41. The molecule has 2 unspecified atom stereocenters. The number of nitrogens with two attached hydrogens (primary N) is 1. The zero-order valence-corrected chi connectivity index (χ0v) is 10.1. The highest BCUT2D eigenvalue weighted by Gasteiger charge is 2.34. The molecule has 2 heteroatoms. The van der Waals surface area contributed by atoms with Crippen molar-refractivity contribution in [3.05, 3.63) is 0 Å². The van der Waals surface area contributed by atoms with Crippen molar-refractivity contribution < 1.29 is 0 Å². The Kier molecular flexibility index (Phi) is 4.04. The largest absolute Gasteiger partial charge is 0.330 e. The summed E-state index contributed by atoms with van der Waals surface area (Å²) in [4.78, 5) is 2.51. The van der Waals surface area contributed by atoms with Crippen molar-refractivity contribution in [2.75, 3.05) is 26.7 Å². The Labute approximate surface area is 94.2 Å². The predicted molar refractivity (Wildman–Crippen MR) is 64.7 cm³/mol. The quantitative estimate of drug-likeness (QED) is 0.770. The molecule has 2 fully saturated rings. The minimum Gasteiger partial charge on any atom is -0.330 e. The third kappa shape index (κ3) is 2.73. The molecule has 0 spiro atoms. The van der Waals surface area contributed by atoms with E-state index in [1.807, 2.05) is 0 Å². The van der Waals surface area contributed by atoms with Gasteiger partial charge in [-0.25, -0.2) is 0 Å². The molecule has 2 rings (SSSR count). The molecule has 0 aromatic carbocycles. The number of hydrogen-bond donors (Lipinski definition) is 1. The fourth-order valence-corrected chi connectivity index (χ4v) is 3.47. The van der Waals surface area contributed by atoms with Gasteiger partial charge >= 0.3 is 0 Å². The summed E-state index contributed by atoms with van der Waals surface area (Å²) >= 11 is 0. The number of rotatable bonds is 4. The van der Waals surface area contributed by atoms with Crippen LogP contribution in [0.4, 0.5) is 0 Å². The van der Waals surface area contributed by atoms with Crippen molar-refractivity contribution in [2.45, 2.75) is 38.5 Å². The SMILES string of the molecule is CN1CCCC(C(CCN)C2CCC2)C1. The van der Waals surface area contributed by atoms with E-state index in [2.05, 4.69) is 11.9 Å². The van der Waals surface area contributed by atoms with E-state index in [1.54, 1.807) is 0 Å². The van der Waals surface area contributed by atoms with E-state index in [0.29, 0.717) is 0 Å². The van der Waals surface area contributed by atoms with Crippen LogP contribution < -0.4 is 5.73 Å². The molecule has 1 saturated heterocycles. The van der Waals surface area contributed by atoms with E-state index in [0.717, 1.165) is 24.3 Å². The first kappa shape index (κ1) is 11.4. The number of likely N-dealkylation sites (tertiary alicyclic amines) is 1. The van der Waals surface area contributed by atoms with Crippen molar-refractivity contribution >= 4 is 0 Å². The molecule has 2 atom stereocenters. The van der Waals surface area contributed by atoms with Crippen molar-refractivity contribution in [3.8, 4) is 0 Å². The first-order valence-electron chi connectivity index (χ1n) is 6.70. The molecule has 15 heavy (non-hydrogen) atoms. The second kappa shape index (κ2) is 5.31. The fraction of sp³-hybridized carbons (Fsp3) is 1.00. The van der Waals surface area contributed by atoms with E-state index in [1.165, 1.54) is 51.6 Å². The van der Waals surface area contributed by atoms with Gasteiger partial charge in [-0.2, -0.15) is 0 Å². The molecule has 1 saturated carbocycles. The third-order valence-electron chi connectivity index (χ3n) is 4.52. The molecule has 1 aliphatic heterocycles. The Morgan fingerprint density at radius 1 is 1.20 bits per heavy atom. The van der Waals surface area contributed by atoms with E-state index in [9.17, 15) is 0 Å². The lowest BCUT2D eigenvalue weighted by molar-refractivity contribution is 0.0809. The van der Waals surface area contributed by atoms with Crippen LogP contribution in [0.3, 0.4) is 0 Å². The summed E-state index contributed by atoms with van der Waals surface area (Å²) in [6.07, 6.45) is 8.54. The molecule has 0 aromatic heterocycles. The first-order chi connectivity index (χ1) is 7.31. The van der Waals surface area contributed by atoms with E-state index >= 15 is 0 Å². The lowest BCUT2D eigenvalue weighted by atomic mass is 9.67. The molecule has 2 N–H and O–H groups in total. The molecule has 0 bridgehead atoms. The molecular weight excluding hydrogens is 184 g/mol. The van der Waals surface area contributed by atoms with Gasteiger partial charge in [-0.15, -0.1) is 0 Å². The van der Waals surface area contributed by atoms with Gasteiger partial charge in [0.25, 0.3) is 0 Å². The lowest BCUT2D eigenvalue weighted by Crippen LogP contribution is -2.40. The Morgan fingerprint density at radius 3 is 2.47 bits per heavy atom. The Morgan fingerprint density at radius 2 is 1.93 bits per heavy atom. The van der Waals surface area contributed by atoms with Crippen LogP contribution in [0.2, 0.25) is 0 Å². The second-order valence-electron chi connectivity index (χ2n) is 5.60. The minimum atomic E-state index is 0.890. The van der Waals surface area contributed by atoms with Crippen LogP contribution >= 0.6 is 0 Å². The zero-order valence-electron chi connectivity index (χ0n) is 10.1. The zero-order chi connectivity index (χ0) is 10.7. The number of nitrogens with zero attached hydrogens (tertiary/aromatic N) is 1.